The van der Waals surface area contributed by atoms with Crippen LogP contribution in [0, 0.1) is 0 Å². The van der Waals surface area contributed by atoms with Gasteiger partial charge in [-0.05, 0) is 167 Å². The summed E-state index contributed by atoms with van der Waals surface area (Å²) in [6, 6.07) is 13.0. The first-order chi connectivity index (χ1) is 40.5. The van der Waals surface area contributed by atoms with Gasteiger partial charge in [0.2, 0.25) is 11.8 Å². The summed E-state index contributed by atoms with van der Waals surface area (Å²) in [6.07, 6.45) is -3.10. The topological polar surface area (TPSA) is 468 Å². The van der Waals surface area contributed by atoms with Gasteiger partial charge in [0, 0.05) is 41.0 Å². The van der Waals surface area contributed by atoms with Crippen molar-refractivity contribution in [2.24, 2.45) is 11.5 Å². The molecule has 4 aromatic rings. The smallest absolute Gasteiger partial charge is 0.504 e. The highest BCUT2D eigenvalue weighted by Crippen LogP contribution is 2.29. The number of aliphatic carboxylic acids is 2. The van der Waals surface area contributed by atoms with E-state index < -0.39 is 83.0 Å². The molecule has 0 aliphatic carbocycles. The second-order valence-corrected chi connectivity index (χ2v) is 23.9. The Morgan fingerprint density at radius 1 is 0.391 bits per heavy atom. The number of carboxylic acids is 2. The number of hydrogen-bond donors (Lipinski definition) is 14. The van der Waals surface area contributed by atoms with Crippen molar-refractivity contribution in [1.29, 1.82) is 0 Å². The first-order valence-electron chi connectivity index (χ1n) is 27.0. The number of rotatable bonds is 14. The molecule has 0 aliphatic heterocycles. The monoisotopic (exact) mass is 1310 g/mol. The minimum Gasteiger partial charge on any atom is -0.504 e. The molecule has 4 atom stereocenters. The molecule has 29 nitrogen and oxygen atoms in total. The molecule has 0 aliphatic rings. The highest BCUT2D eigenvalue weighted by molar-refractivity contribution is 5.86. The van der Waals surface area contributed by atoms with Gasteiger partial charge in [0.25, 0.3) is 0 Å². The average molecular weight is 1310 g/mol. The number of aromatic hydroxyl groups is 8. The lowest BCUT2D eigenvalue weighted by atomic mass is 10.0. The van der Waals surface area contributed by atoms with Gasteiger partial charge in [-0.25, -0.2) is 24.0 Å². The van der Waals surface area contributed by atoms with Crippen LogP contribution in [0.25, 0.3) is 0 Å². The largest absolute Gasteiger partial charge is 0.519 e. The van der Waals surface area contributed by atoms with E-state index in [1.807, 2.05) is 0 Å². The van der Waals surface area contributed by atoms with Crippen LogP contribution < -0.4 is 22.1 Å². The van der Waals surface area contributed by atoms with Crippen LogP contribution in [0.3, 0.4) is 0 Å². The number of alkyl carbamates (subject to hydrolysis) is 2. The molecule has 92 heavy (non-hydrogen) atoms. The number of ether oxygens (including phenoxy) is 5. The lowest BCUT2D eigenvalue weighted by Gasteiger charge is -2.25. The van der Waals surface area contributed by atoms with Crippen LogP contribution in [0.2, 0.25) is 0 Å². The molecule has 29 heteroatoms. The fourth-order valence-electron chi connectivity index (χ4n) is 6.49. The summed E-state index contributed by atoms with van der Waals surface area (Å²) in [5, 5.41) is 96.4. The molecule has 4 amide bonds. The first kappa shape index (κ1) is 88.8. The van der Waals surface area contributed by atoms with Gasteiger partial charge in [-0.1, -0.05) is 46.5 Å². The maximum absolute atomic E-state index is 12.2. The average Bonchev–Trinajstić information content (AvgIpc) is 1.33. The van der Waals surface area contributed by atoms with Crippen molar-refractivity contribution in [2.45, 2.75) is 178 Å². The van der Waals surface area contributed by atoms with E-state index in [-0.39, 0.29) is 99.4 Å². The molecule has 0 aromatic heterocycles. The number of phenols is 8. The van der Waals surface area contributed by atoms with E-state index in [1.165, 1.54) is 70.5 Å². The molecule has 0 spiro atoms. The van der Waals surface area contributed by atoms with Gasteiger partial charge in [-0.2, -0.15) is 0 Å². The highest BCUT2D eigenvalue weighted by atomic mass is 16.8. The summed E-state index contributed by atoms with van der Waals surface area (Å²) in [4.78, 5) is 93.6. The number of nitrogens with one attached hydrogen (secondary N) is 2. The maximum Gasteiger partial charge on any atom is 0.519 e. The molecule has 0 fully saturated rings. The number of carboxylic acid groups (broad SMARTS) is 2. The van der Waals surface area contributed by atoms with Gasteiger partial charge in [0.1, 0.15) is 40.5 Å². The van der Waals surface area contributed by atoms with E-state index in [0.29, 0.717) is 28.7 Å². The molecule has 4 aromatic carbocycles. The summed E-state index contributed by atoms with van der Waals surface area (Å²) < 4.78 is 24.0. The minimum absolute atomic E-state index is 0. The number of likely N-dealkylation sites (N-methyl/N-ethyl adjacent to an activating group) is 2. The first-order valence-corrected chi connectivity index (χ1v) is 27.0. The quantitative estimate of drug-likeness (QED) is 0.0245. The van der Waals surface area contributed by atoms with Crippen molar-refractivity contribution in [1.82, 2.24) is 20.4 Å². The number of carbonyl (C=O) groups excluding carboxylic acids is 6. The number of nitrogens with two attached hydrogens (primary N) is 2. The van der Waals surface area contributed by atoms with E-state index in [9.17, 15) is 63.9 Å². The zero-order valence-corrected chi connectivity index (χ0v) is 52.9. The molecular weight excluding hydrogens is 1210 g/mol. The second kappa shape index (κ2) is 39.5. The Hall–Kier alpha value is -9.64. The third-order valence-electron chi connectivity index (χ3n) is 10.4. The van der Waals surface area contributed by atoms with E-state index in [4.69, 9.17) is 55.9 Å². The number of nitrogens with zero attached hydrogens (tertiary/aromatic N) is 2. The second-order valence-electron chi connectivity index (χ2n) is 23.9. The number of phenolic OH excluding ortho intramolecular Hbond substituents is 8. The predicted octanol–water partition coefficient (Wildman–Crippen LogP) is 8.13. The van der Waals surface area contributed by atoms with Gasteiger partial charge in [0.05, 0.1) is 6.04 Å². The van der Waals surface area contributed by atoms with Crippen LogP contribution >= 0.6 is 0 Å². The fraction of sp³-hybridized carbons (Fsp3) is 0.492. The molecular formula is C63H100N6O23. The van der Waals surface area contributed by atoms with Crippen molar-refractivity contribution in [3.8, 4) is 46.0 Å². The Balaban J connectivity index is -0.000000528. The fourth-order valence-corrected chi connectivity index (χ4v) is 6.49. The summed E-state index contributed by atoms with van der Waals surface area (Å²) in [5.74, 6) is -4.89. The van der Waals surface area contributed by atoms with Crippen LogP contribution in [0.4, 0.5) is 19.2 Å². The van der Waals surface area contributed by atoms with Crippen molar-refractivity contribution in [2.75, 3.05) is 28.2 Å². The Kier molecular flexibility index (Phi) is 38.1. The lowest BCUT2D eigenvalue weighted by Crippen LogP contribution is -2.48. The van der Waals surface area contributed by atoms with Crippen LogP contribution in [0.1, 0.15) is 128 Å². The Labute approximate surface area is 538 Å². The number of amides is 4. The molecule has 0 radical (unpaired) electrons. The van der Waals surface area contributed by atoms with Crippen LogP contribution in [0.5, 0.6) is 46.0 Å². The normalized spacial score (nSPS) is 11.9. The number of carbonyl (C=O) groups is 8. The van der Waals surface area contributed by atoms with Crippen molar-refractivity contribution in [3.63, 3.8) is 0 Å². The molecule has 16 N–H and O–H groups in total. The summed E-state index contributed by atoms with van der Waals surface area (Å²) >= 11 is 0. The minimum atomic E-state index is -1.23. The molecule has 0 saturated heterocycles. The molecule has 0 bridgehead atoms. The molecule has 520 valence electrons. The van der Waals surface area contributed by atoms with Gasteiger partial charge < -0.3 is 107 Å². The van der Waals surface area contributed by atoms with Crippen LogP contribution in [-0.4, -0.2) is 184 Å². The number of benzene rings is 4. The maximum atomic E-state index is 12.2. The Bertz CT molecular complexity index is 2990. The van der Waals surface area contributed by atoms with Gasteiger partial charge >= 0.3 is 36.4 Å². The van der Waals surface area contributed by atoms with Crippen LogP contribution in [0.15, 0.2) is 72.8 Å². The Morgan fingerprint density at radius 3 is 0.902 bits per heavy atom. The van der Waals surface area contributed by atoms with Crippen molar-refractivity contribution < 1.29 is 113 Å². The van der Waals surface area contributed by atoms with Gasteiger partial charge in [-0.3, -0.25) is 14.4 Å². The third-order valence-corrected chi connectivity index (χ3v) is 10.4. The lowest BCUT2D eigenvalue weighted by molar-refractivity contribution is -0.140. The number of hydrogen-bond acceptors (Lipinski definition) is 23. The van der Waals surface area contributed by atoms with E-state index in [0.717, 1.165) is 0 Å². The summed E-state index contributed by atoms with van der Waals surface area (Å²) in [5.41, 5.74) is 10.5. The predicted molar refractivity (Wildman–Crippen MR) is 343 cm³/mol. The summed E-state index contributed by atoms with van der Waals surface area (Å²) in [6.45, 7) is 20.2. The van der Waals surface area contributed by atoms with Crippen LogP contribution in [-0.2, 0) is 68.5 Å². The highest BCUT2D eigenvalue weighted by Gasteiger charge is 2.28. The molecule has 0 unspecified atom stereocenters. The molecule has 0 saturated carbocycles. The SMILES string of the molecule is C.C.C.CC(C)(C)OC(=O)N[C@@H](Cc1ccc(O)c(O)c1)C(=O)O.CC(C)(C)OC(=O)OC(=O)OC(C)(C)C.CN(C)C(=O)[C@@H](N)Cc1ccc(O)c(O)c1.CN(C)C(=O)[C@H](Cc1ccc(O)c(O)c1)NC(=O)OC(C)(C)C.N[C@@H](Cc1ccc(O)c(O)c1)C(=O)O. The zero-order chi connectivity index (χ0) is 69.3. The Morgan fingerprint density at radius 2 is 0.652 bits per heavy atom. The summed E-state index contributed by atoms with van der Waals surface area (Å²) in [7, 11) is 6.44. The van der Waals surface area contributed by atoms with Gasteiger partial charge in [-0.15, -0.1) is 0 Å². The molecule has 4 rings (SSSR count). The van der Waals surface area contributed by atoms with Crippen molar-refractivity contribution >= 4 is 48.3 Å². The standard InChI is InChI=1S/C16H24N2O5.C14H19NO6.C11H16N2O3.C10H18O5.C9H11NO4.3CH4/c1-16(2,3)23-15(22)17-11(14(21)18(4)5)8-10-6-7-12(19)13(20)9-10;1-14(2,3)21-13(20)15-9(12(18)19)6-8-4-5-10(16)11(17)7-8;1-13(2)11(16)8(12)5-7-3-4-9(14)10(15)6-7;1-9(2,3)14-7(11)13-8(12)15-10(4,5)6;10-6(9(13)14)3-5-1-2-7(11)8(12)4-5;;;/h6-7,9,11,19-20H,8H2,1-5H3,(H,17,22);4-5,7,9,16-17H,6H2,1-3H3,(H,15,20)(H,18,19);3-4,6,8,14-15H,5,12H2,1-2H3;1-6H3;1-2,4,6,11-12H,3,10H2,(H,13,14);3*1H4/t11-;9-;8-;;6-;;;/m000.0.../s1. The van der Waals surface area contributed by atoms with Crippen molar-refractivity contribution in [3.05, 3.63) is 95.1 Å². The van der Waals surface area contributed by atoms with E-state index >= 15 is 0 Å². The zero-order valence-electron chi connectivity index (χ0n) is 52.9. The van der Waals surface area contributed by atoms with E-state index in [1.54, 1.807) is 123 Å². The van der Waals surface area contributed by atoms with E-state index in [2.05, 4.69) is 15.4 Å². The third kappa shape index (κ3) is 38.7. The molecule has 0 heterocycles. The van der Waals surface area contributed by atoms with Gasteiger partial charge in [0.15, 0.2) is 46.0 Å².